The Morgan fingerprint density at radius 1 is 0.929 bits per heavy atom. The van der Waals surface area contributed by atoms with Crippen molar-refractivity contribution in [3.8, 4) is 0 Å². The van der Waals surface area contributed by atoms with E-state index in [9.17, 15) is 18.5 Å². The van der Waals surface area contributed by atoms with E-state index in [-0.39, 0.29) is 0 Å². The first-order chi connectivity index (χ1) is 5.88. The molecular weight excluding hydrogens is 265 g/mol. The molecule has 0 amide bonds. The molecule has 0 aromatic heterocycles. The Hall–Kier alpha value is -0.0400. The van der Waals surface area contributed by atoms with Crippen molar-refractivity contribution in [3.63, 3.8) is 0 Å². The van der Waals surface area contributed by atoms with Crippen molar-refractivity contribution in [2.24, 2.45) is 0 Å². The Labute approximate surface area is 76.3 Å². The fraction of sp³-hybridized carbons (Fsp3) is 0. The standard InChI is InChI=1S/CH5O10P3/c2-1(12(3,4)5)11-14(9,10)13(6,7)8/h(H,9,10)(H2,3,4,5)(H2,6,7,8). The van der Waals surface area contributed by atoms with Crippen LogP contribution in [0.1, 0.15) is 0 Å². The van der Waals surface area contributed by atoms with Gasteiger partial charge in [-0.3, -0.25) is 0 Å². The minimum absolute atomic E-state index is 2.48. The van der Waals surface area contributed by atoms with E-state index in [2.05, 4.69) is 4.52 Å². The van der Waals surface area contributed by atoms with E-state index in [0.29, 0.717) is 0 Å². The van der Waals surface area contributed by atoms with Crippen molar-refractivity contribution in [2.75, 3.05) is 0 Å². The fourth-order valence-corrected chi connectivity index (χ4v) is 2.01. The SMILES string of the molecule is O=C(OP(=O)(O)P(=O)(O)O)P(=O)(O)O. The highest BCUT2D eigenvalue weighted by molar-refractivity contribution is 8.26. The van der Waals surface area contributed by atoms with Crippen LogP contribution < -0.4 is 0 Å². The molecule has 84 valence electrons. The molecule has 0 spiro atoms. The summed E-state index contributed by atoms with van der Waals surface area (Å²) in [6.07, 6.45) is 0. The first-order valence-corrected chi connectivity index (χ1v) is 8.07. The van der Waals surface area contributed by atoms with Crippen LogP contribution in [0.4, 0.5) is 4.79 Å². The molecule has 0 bridgehead atoms. The van der Waals surface area contributed by atoms with Crippen LogP contribution in [0, 0.1) is 0 Å². The highest BCUT2D eigenvalue weighted by Gasteiger charge is 2.48. The van der Waals surface area contributed by atoms with Crippen LogP contribution in [-0.2, 0) is 18.2 Å². The lowest BCUT2D eigenvalue weighted by Gasteiger charge is -2.12. The van der Waals surface area contributed by atoms with Crippen molar-refractivity contribution < 1.29 is 47.5 Å². The molecule has 13 heteroatoms. The van der Waals surface area contributed by atoms with Gasteiger partial charge < -0.3 is 29.0 Å². The molecule has 0 aromatic carbocycles. The molecule has 0 saturated carbocycles. The van der Waals surface area contributed by atoms with Gasteiger partial charge in [0.15, 0.2) is 0 Å². The van der Waals surface area contributed by atoms with Crippen molar-refractivity contribution in [1.82, 2.24) is 0 Å². The van der Waals surface area contributed by atoms with Gasteiger partial charge in [0.25, 0.3) is 0 Å². The molecule has 14 heavy (non-hydrogen) atoms. The van der Waals surface area contributed by atoms with Crippen LogP contribution in [0.5, 0.6) is 0 Å². The second kappa shape index (κ2) is 3.84. The number of carbonyl (C=O) groups excluding carboxylic acids is 1. The summed E-state index contributed by atoms with van der Waals surface area (Å²) >= 11 is 0. The Morgan fingerprint density at radius 3 is 1.50 bits per heavy atom. The second-order valence-corrected chi connectivity index (χ2v) is 8.63. The van der Waals surface area contributed by atoms with E-state index in [1.54, 1.807) is 0 Å². The Bertz CT molecular complexity index is 367. The molecule has 0 radical (unpaired) electrons. The quantitative estimate of drug-likeness (QED) is 0.422. The van der Waals surface area contributed by atoms with Crippen LogP contribution >= 0.6 is 22.2 Å². The van der Waals surface area contributed by atoms with Gasteiger partial charge in [0.05, 0.1) is 0 Å². The molecule has 0 rings (SSSR count). The molecule has 0 heterocycles. The maximum atomic E-state index is 10.5. The predicted octanol–water partition coefficient (Wildman–Crippen LogP) is -0.421. The first-order valence-electron chi connectivity index (χ1n) is 2.56. The summed E-state index contributed by atoms with van der Waals surface area (Å²) in [7, 11) is -16.8. The molecule has 1 atom stereocenters. The molecule has 0 aliphatic rings. The summed E-state index contributed by atoms with van der Waals surface area (Å²) in [5, 5.41) is 0. The van der Waals surface area contributed by atoms with Gasteiger partial charge in [0, 0.05) is 0 Å². The van der Waals surface area contributed by atoms with Gasteiger partial charge in [-0.15, -0.1) is 0 Å². The second-order valence-electron chi connectivity index (χ2n) is 1.91. The van der Waals surface area contributed by atoms with E-state index in [1.165, 1.54) is 0 Å². The van der Waals surface area contributed by atoms with Gasteiger partial charge in [-0.05, 0) is 0 Å². The molecule has 5 N–H and O–H groups in total. The summed E-state index contributed by atoms with van der Waals surface area (Å²) in [4.78, 5) is 51.0. The molecular formula is CH5O10P3. The zero-order chi connectivity index (χ0) is 11.8. The number of carbonyl (C=O) groups is 1. The lowest BCUT2D eigenvalue weighted by molar-refractivity contribution is 0.206. The molecule has 1 unspecified atom stereocenters. The highest BCUT2D eigenvalue weighted by Crippen LogP contribution is 2.75. The van der Waals surface area contributed by atoms with Crippen LogP contribution in [-0.4, -0.2) is 30.2 Å². The summed E-state index contributed by atoms with van der Waals surface area (Å²) in [5.74, 6) is 0. The highest BCUT2D eigenvalue weighted by atomic mass is 32.1. The van der Waals surface area contributed by atoms with Crippen LogP contribution in [0.2, 0.25) is 0 Å². The Kier molecular flexibility index (Phi) is 3.83. The van der Waals surface area contributed by atoms with Crippen molar-refractivity contribution in [1.29, 1.82) is 0 Å². The van der Waals surface area contributed by atoms with E-state index in [1.807, 2.05) is 0 Å². The van der Waals surface area contributed by atoms with Crippen LogP contribution in [0.3, 0.4) is 0 Å². The summed E-state index contributed by atoms with van der Waals surface area (Å²) in [5.41, 5.74) is -2.48. The first kappa shape index (κ1) is 14.0. The van der Waals surface area contributed by atoms with E-state index in [0.717, 1.165) is 0 Å². The summed E-state index contributed by atoms with van der Waals surface area (Å²) in [6, 6.07) is 0. The zero-order valence-corrected chi connectivity index (χ0v) is 8.80. The number of rotatable bonds is 3. The maximum absolute atomic E-state index is 10.5. The number of hydrogen-bond donors (Lipinski definition) is 5. The number of hydrogen-bond acceptors (Lipinski definition) is 5. The monoisotopic (exact) mass is 270 g/mol. The Morgan fingerprint density at radius 2 is 1.29 bits per heavy atom. The van der Waals surface area contributed by atoms with Gasteiger partial charge >= 0.3 is 27.9 Å². The fourth-order valence-electron chi connectivity index (χ4n) is 0.208. The summed E-state index contributed by atoms with van der Waals surface area (Å²) < 4.78 is 33.8. The molecule has 0 aromatic rings. The third-order valence-corrected chi connectivity index (χ3v) is 4.76. The van der Waals surface area contributed by atoms with E-state index < -0.39 is 27.9 Å². The van der Waals surface area contributed by atoms with E-state index >= 15 is 0 Å². The van der Waals surface area contributed by atoms with Gasteiger partial charge in [-0.2, -0.15) is 0 Å². The van der Waals surface area contributed by atoms with Crippen molar-refractivity contribution in [3.05, 3.63) is 0 Å². The smallest absolute Gasteiger partial charge is 0.374 e. The Balaban J connectivity index is 4.90. The average Bonchev–Trinajstić information content (AvgIpc) is 1.80. The van der Waals surface area contributed by atoms with Gasteiger partial charge in [-0.25, -0.2) is 18.5 Å². The van der Waals surface area contributed by atoms with Gasteiger partial charge in [-0.1, -0.05) is 0 Å². The van der Waals surface area contributed by atoms with Crippen molar-refractivity contribution >= 4 is 27.9 Å². The van der Waals surface area contributed by atoms with Crippen LogP contribution in [0.15, 0.2) is 0 Å². The molecule has 0 saturated heterocycles. The zero-order valence-electron chi connectivity index (χ0n) is 6.12. The molecule has 10 nitrogen and oxygen atoms in total. The van der Waals surface area contributed by atoms with Gasteiger partial charge in [0.2, 0.25) is 0 Å². The third kappa shape index (κ3) is 3.61. The largest absolute Gasteiger partial charge is 0.489 e. The normalized spacial score (nSPS) is 17.2. The molecule has 0 fully saturated rings. The third-order valence-electron chi connectivity index (χ3n) is 0.764. The van der Waals surface area contributed by atoms with Gasteiger partial charge in [0.1, 0.15) is 0 Å². The van der Waals surface area contributed by atoms with Crippen LogP contribution in [0.25, 0.3) is 0 Å². The lowest BCUT2D eigenvalue weighted by Crippen LogP contribution is -2.01. The molecule has 0 aliphatic heterocycles. The minimum Gasteiger partial charge on any atom is -0.374 e. The van der Waals surface area contributed by atoms with E-state index in [4.69, 9.17) is 24.5 Å². The minimum atomic E-state index is -5.70. The lowest BCUT2D eigenvalue weighted by atomic mass is 11.6. The topological polar surface area (TPSA) is 179 Å². The predicted molar refractivity (Wildman–Crippen MR) is 40.4 cm³/mol. The summed E-state index contributed by atoms with van der Waals surface area (Å²) in [6.45, 7) is 0. The maximum Gasteiger partial charge on any atom is 0.489 e. The molecule has 0 aliphatic carbocycles. The van der Waals surface area contributed by atoms with Crippen molar-refractivity contribution in [2.45, 2.75) is 0 Å². The average molecular weight is 270 g/mol.